The molecule has 1 aliphatic heterocycles. The minimum atomic E-state index is 0.237. The van der Waals surface area contributed by atoms with E-state index in [4.69, 9.17) is 9.47 Å². The van der Waals surface area contributed by atoms with Gasteiger partial charge in [0.2, 0.25) is 5.91 Å². The van der Waals surface area contributed by atoms with E-state index in [1.807, 2.05) is 23.1 Å². The molecular weight excluding hydrogens is 316 g/mol. The lowest BCUT2D eigenvalue weighted by atomic mass is 10.0. The molecule has 0 aliphatic carbocycles. The molecule has 1 amide bonds. The smallest absolute Gasteiger partial charge is 0.222 e. The van der Waals surface area contributed by atoms with E-state index in [1.54, 1.807) is 14.2 Å². The Labute approximate surface area is 149 Å². The van der Waals surface area contributed by atoms with Gasteiger partial charge in [0, 0.05) is 37.9 Å². The maximum Gasteiger partial charge on any atom is 0.222 e. The molecule has 0 atom stereocenters. The largest absolute Gasteiger partial charge is 0.493 e. The van der Waals surface area contributed by atoms with E-state index >= 15 is 0 Å². The van der Waals surface area contributed by atoms with Gasteiger partial charge >= 0.3 is 0 Å². The van der Waals surface area contributed by atoms with Crippen molar-refractivity contribution in [2.45, 2.75) is 31.7 Å². The van der Waals surface area contributed by atoms with Crippen molar-refractivity contribution in [3.63, 3.8) is 0 Å². The van der Waals surface area contributed by atoms with E-state index in [0.29, 0.717) is 24.0 Å². The number of methoxy groups -OCH3 is 2. The first kappa shape index (κ1) is 17.4. The molecule has 0 unspecified atom stereocenters. The molecule has 5 nitrogen and oxygen atoms in total. The van der Waals surface area contributed by atoms with Crippen LogP contribution >= 0.6 is 0 Å². The van der Waals surface area contributed by atoms with Crippen LogP contribution in [0.2, 0.25) is 0 Å². The average Bonchev–Trinajstić information content (AvgIpc) is 3.20. The lowest BCUT2D eigenvalue weighted by molar-refractivity contribution is -0.132. The van der Waals surface area contributed by atoms with Crippen molar-refractivity contribution < 1.29 is 14.3 Å². The van der Waals surface area contributed by atoms with E-state index < -0.39 is 0 Å². The first-order valence-corrected chi connectivity index (χ1v) is 8.82. The molecule has 134 valence electrons. The van der Waals surface area contributed by atoms with Crippen LogP contribution in [0.15, 0.2) is 42.7 Å². The van der Waals surface area contributed by atoms with Gasteiger partial charge < -0.3 is 18.9 Å². The van der Waals surface area contributed by atoms with Gasteiger partial charge in [0.25, 0.3) is 0 Å². The molecule has 1 aliphatic rings. The molecule has 1 aromatic carbocycles. The number of amides is 1. The van der Waals surface area contributed by atoms with E-state index in [9.17, 15) is 4.79 Å². The van der Waals surface area contributed by atoms with Gasteiger partial charge in [0.15, 0.2) is 11.5 Å². The number of ether oxygens (including phenoxy) is 2. The summed E-state index contributed by atoms with van der Waals surface area (Å²) in [5.41, 5.74) is 1.09. The third-order valence-corrected chi connectivity index (χ3v) is 4.94. The van der Waals surface area contributed by atoms with Gasteiger partial charge in [-0.3, -0.25) is 4.79 Å². The number of carbonyl (C=O) groups excluding carboxylic acids is 1. The molecule has 0 bridgehead atoms. The minimum Gasteiger partial charge on any atom is -0.493 e. The number of likely N-dealkylation sites (tertiary alicyclic amines) is 1. The van der Waals surface area contributed by atoms with Crippen LogP contribution in [0.4, 0.5) is 0 Å². The number of piperidine rings is 1. The highest BCUT2D eigenvalue weighted by atomic mass is 16.5. The monoisotopic (exact) mass is 342 g/mol. The summed E-state index contributed by atoms with van der Waals surface area (Å²) in [5.74, 6) is 1.66. The Morgan fingerprint density at radius 2 is 1.76 bits per heavy atom. The maximum atomic E-state index is 12.5. The van der Waals surface area contributed by atoms with Crippen LogP contribution in [0.5, 0.6) is 11.5 Å². The Morgan fingerprint density at radius 3 is 2.40 bits per heavy atom. The SMILES string of the molecule is COc1ccc(CCC(=O)N2CCC(n3cccc3)CC2)cc1OC. The quantitative estimate of drug-likeness (QED) is 0.809. The lowest BCUT2D eigenvalue weighted by Gasteiger charge is -2.33. The van der Waals surface area contributed by atoms with E-state index in [1.165, 1.54) is 0 Å². The van der Waals surface area contributed by atoms with Gasteiger partial charge in [-0.05, 0) is 49.1 Å². The number of nitrogens with zero attached hydrogens (tertiary/aromatic N) is 2. The minimum absolute atomic E-state index is 0.237. The van der Waals surface area contributed by atoms with Crippen molar-refractivity contribution in [3.8, 4) is 11.5 Å². The van der Waals surface area contributed by atoms with E-state index in [0.717, 1.165) is 37.9 Å². The Kier molecular flexibility index (Phi) is 5.64. The first-order valence-electron chi connectivity index (χ1n) is 8.82. The fourth-order valence-corrected chi connectivity index (χ4v) is 3.45. The average molecular weight is 342 g/mol. The van der Waals surface area contributed by atoms with Gasteiger partial charge in [0.1, 0.15) is 0 Å². The molecule has 0 radical (unpaired) electrons. The van der Waals surface area contributed by atoms with Crippen LogP contribution in [0, 0.1) is 0 Å². The lowest BCUT2D eigenvalue weighted by Crippen LogP contribution is -2.39. The van der Waals surface area contributed by atoms with Crippen molar-refractivity contribution in [1.29, 1.82) is 0 Å². The topological polar surface area (TPSA) is 43.7 Å². The van der Waals surface area contributed by atoms with Crippen molar-refractivity contribution in [2.75, 3.05) is 27.3 Å². The summed E-state index contributed by atoms with van der Waals surface area (Å²) in [5, 5.41) is 0. The summed E-state index contributed by atoms with van der Waals surface area (Å²) in [4.78, 5) is 14.5. The normalized spacial score (nSPS) is 15.2. The zero-order chi connectivity index (χ0) is 17.6. The van der Waals surface area contributed by atoms with Crippen molar-refractivity contribution >= 4 is 5.91 Å². The number of rotatable bonds is 6. The van der Waals surface area contributed by atoms with Crippen LogP contribution < -0.4 is 9.47 Å². The van der Waals surface area contributed by atoms with Crippen molar-refractivity contribution in [3.05, 3.63) is 48.3 Å². The molecule has 1 aromatic heterocycles. The molecule has 3 rings (SSSR count). The van der Waals surface area contributed by atoms with Gasteiger partial charge in [-0.25, -0.2) is 0 Å². The summed E-state index contributed by atoms with van der Waals surface area (Å²) < 4.78 is 12.8. The molecule has 0 spiro atoms. The molecule has 2 heterocycles. The Morgan fingerprint density at radius 1 is 1.08 bits per heavy atom. The van der Waals surface area contributed by atoms with Crippen LogP contribution in [-0.2, 0) is 11.2 Å². The van der Waals surface area contributed by atoms with Crippen LogP contribution in [0.3, 0.4) is 0 Å². The third-order valence-electron chi connectivity index (χ3n) is 4.94. The second-order valence-electron chi connectivity index (χ2n) is 6.43. The van der Waals surface area contributed by atoms with Gasteiger partial charge in [-0.2, -0.15) is 0 Å². The van der Waals surface area contributed by atoms with Gasteiger partial charge in [-0.15, -0.1) is 0 Å². The van der Waals surface area contributed by atoms with E-state index in [-0.39, 0.29) is 5.91 Å². The highest BCUT2D eigenvalue weighted by molar-refractivity contribution is 5.76. The second kappa shape index (κ2) is 8.10. The molecule has 1 fully saturated rings. The van der Waals surface area contributed by atoms with E-state index in [2.05, 4.69) is 29.1 Å². The second-order valence-corrected chi connectivity index (χ2v) is 6.43. The number of hydrogen-bond acceptors (Lipinski definition) is 3. The fourth-order valence-electron chi connectivity index (χ4n) is 3.45. The highest BCUT2D eigenvalue weighted by Crippen LogP contribution is 2.28. The van der Waals surface area contributed by atoms with Gasteiger partial charge in [-0.1, -0.05) is 6.07 Å². The van der Waals surface area contributed by atoms with Crippen molar-refractivity contribution in [2.24, 2.45) is 0 Å². The predicted octanol–water partition coefficient (Wildman–Crippen LogP) is 3.30. The van der Waals surface area contributed by atoms with Crippen molar-refractivity contribution in [1.82, 2.24) is 9.47 Å². The fraction of sp³-hybridized carbons (Fsp3) is 0.450. The first-order chi connectivity index (χ1) is 12.2. The number of aryl methyl sites for hydroxylation is 1. The third kappa shape index (κ3) is 4.16. The van der Waals surface area contributed by atoms with Crippen LogP contribution in [-0.4, -0.2) is 42.7 Å². The number of aromatic nitrogens is 1. The Bertz CT molecular complexity index is 689. The molecule has 5 heteroatoms. The number of hydrogen-bond donors (Lipinski definition) is 0. The summed E-state index contributed by atoms with van der Waals surface area (Å²) in [7, 11) is 3.25. The molecule has 0 N–H and O–H groups in total. The highest BCUT2D eigenvalue weighted by Gasteiger charge is 2.23. The van der Waals surface area contributed by atoms with Gasteiger partial charge in [0.05, 0.1) is 14.2 Å². The summed E-state index contributed by atoms with van der Waals surface area (Å²) >= 11 is 0. The molecule has 25 heavy (non-hydrogen) atoms. The van der Waals surface area contributed by atoms with Crippen LogP contribution in [0.25, 0.3) is 0 Å². The summed E-state index contributed by atoms with van der Waals surface area (Å²) in [6.07, 6.45) is 7.52. The standard InChI is InChI=1S/C20H26N2O3/c1-24-18-7-5-16(15-19(18)25-2)6-8-20(23)22-13-9-17(10-14-22)21-11-3-4-12-21/h3-5,7,11-12,15,17H,6,8-10,13-14H2,1-2H3. The Balaban J connectivity index is 1.50. The summed E-state index contributed by atoms with van der Waals surface area (Å²) in [6.45, 7) is 1.68. The van der Waals surface area contributed by atoms with Crippen LogP contribution in [0.1, 0.15) is 30.9 Å². The molecular formula is C20H26N2O3. The maximum absolute atomic E-state index is 12.5. The molecule has 1 saturated heterocycles. The number of benzene rings is 1. The number of carbonyl (C=O) groups is 1. The predicted molar refractivity (Wildman–Crippen MR) is 97.2 cm³/mol. The molecule has 0 saturated carbocycles. The zero-order valence-corrected chi connectivity index (χ0v) is 15.0. The molecule has 2 aromatic rings. The summed E-state index contributed by atoms with van der Waals surface area (Å²) in [6, 6.07) is 10.5. The Hall–Kier alpha value is -2.43. The zero-order valence-electron chi connectivity index (χ0n) is 15.0.